The summed E-state index contributed by atoms with van der Waals surface area (Å²) in [4.78, 5) is 26.3. The molecular weight excluding hydrogens is 366 g/mol. The van der Waals surface area contributed by atoms with Gasteiger partial charge in [0.25, 0.3) is 5.91 Å². The van der Waals surface area contributed by atoms with Gasteiger partial charge in [0.15, 0.2) is 0 Å². The van der Waals surface area contributed by atoms with Gasteiger partial charge in [-0.15, -0.1) is 0 Å². The lowest BCUT2D eigenvalue weighted by Gasteiger charge is -2.22. The Morgan fingerprint density at radius 2 is 1.81 bits per heavy atom. The first-order chi connectivity index (χ1) is 12.3. The quantitative estimate of drug-likeness (QED) is 0.800. The number of halogens is 3. The molecular formula is C18H15ClF2N2O3. The van der Waals surface area contributed by atoms with Crippen molar-refractivity contribution >= 4 is 23.5 Å². The number of hydrogen-bond acceptors (Lipinski definition) is 3. The maximum atomic E-state index is 12.9. The number of urea groups is 1. The summed E-state index contributed by atoms with van der Waals surface area (Å²) in [5, 5.41) is 3.11. The first-order valence-electron chi connectivity index (χ1n) is 7.74. The Morgan fingerprint density at radius 3 is 2.42 bits per heavy atom. The van der Waals surface area contributed by atoms with Crippen molar-refractivity contribution in [3.63, 3.8) is 0 Å². The van der Waals surface area contributed by atoms with Gasteiger partial charge in [-0.05, 0) is 36.2 Å². The van der Waals surface area contributed by atoms with Gasteiger partial charge in [-0.2, -0.15) is 8.78 Å². The van der Waals surface area contributed by atoms with E-state index in [1.165, 1.54) is 24.3 Å². The van der Waals surface area contributed by atoms with Gasteiger partial charge < -0.3 is 10.1 Å². The van der Waals surface area contributed by atoms with Crippen molar-refractivity contribution in [1.29, 1.82) is 0 Å². The van der Waals surface area contributed by atoms with Crippen molar-refractivity contribution in [2.24, 2.45) is 0 Å². The summed E-state index contributed by atoms with van der Waals surface area (Å²) in [5.74, 6) is -0.484. The van der Waals surface area contributed by atoms with Crippen molar-refractivity contribution in [3.8, 4) is 5.75 Å². The van der Waals surface area contributed by atoms with Crippen LogP contribution in [-0.4, -0.2) is 23.4 Å². The molecule has 26 heavy (non-hydrogen) atoms. The number of benzene rings is 2. The molecule has 2 aromatic rings. The van der Waals surface area contributed by atoms with Crippen LogP contribution in [0.4, 0.5) is 13.6 Å². The lowest BCUT2D eigenvalue weighted by atomic mass is 9.92. The van der Waals surface area contributed by atoms with Gasteiger partial charge in [0.2, 0.25) is 0 Å². The summed E-state index contributed by atoms with van der Waals surface area (Å²) in [6.07, 6.45) is 0. The zero-order chi connectivity index (χ0) is 18.9. The zero-order valence-corrected chi connectivity index (χ0v) is 14.5. The Morgan fingerprint density at radius 1 is 1.15 bits per heavy atom. The third-order valence-electron chi connectivity index (χ3n) is 4.22. The van der Waals surface area contributed by atoms with Crippen LogP contribution >= 0.6 is 11.6 Å². The third-order valence-corrected chi connectivity index (χ3v) is 4.59. The van der Waals surface area contributed by atoms with Crippen LogP contribution in [0.1, 0.15) is 18.1 Å². The highest BCUT2D eigenvalue weighted by Crippen LogP contribution is 2.31. The molecule has 5 nitrogen and oxygen atoms in total. The van der Waals surface area contributed by atoms with Crippen molar-refractivity contribution < 1.29 is 23.1 Å². The van der Waals surface area contributed by atoms with Crippen LogP contribution in [0.15, 0.2) is 48.5 Å². The van der Waals surface area contributed by atoms with Crippen LogP contribution < -0.4 is 10.1 Å². The highest BCUT2D eigenvalue weighted by Gasteiger charge is 2.49. The Balaban J connectivity index is 1.83. The molecule has 2 aromatic carbocycles. The van der Waals surface area contributed by atoms with Crippen LogP contribution in [0.3, 0.4) is 0 Å². The van der Waals surface area contributed by atoms with Gasteiger partial charge in [-0.1, -0.05) is 41.9 Å². The molecule has 0 radical (unpaired) electrons. The largest absolute Gasteiger partial charge is 0.435 e. The Hall–Kier alpha value is -2.67. The highest BCUT2D eigenvalue weighted by atomic mass is 35.5. The minimum Gasteiger partial charge on any atom is -0.435 e. The van der Waals surface area contributed by atoms with Gasteiger partial charge in [0.05, 0.1) is 6.54 Å². The fourth-order valence-corrected chi connectivity index (χ4v) is 3.00. The fraction of sp³-hybridized carbons (Fsp3) is 0.222. The molecule has 1 N–H and O–H groups in total. The lowest BCUT2D eigenvalue weighted by Crippen LogP contribution is -2.40. The van der Waals surface area contributed by atoms with Gasteiger partial charge in [-0.3, -0.25) is 9.69 Å². The molecule has 3 amide bonds. The second kappa shape index (κ2) is 6.92. The minimum atomic E-state index is -2.93. The topological polar surface area (TPSA) is 58.6 Å². The molecule has 1 saturated heterocycles. The summed E-state index contributed by atoms with van der Waals surface area (Å²) in [6, 6.07) is 12.0. The molecule has 3 rings (SSSR count). The molecule has 1 heterocycles. The van der Waals surface area contributed by atoms with Crippen molar-refractivity contribution in [3.05, 3.63) is 64.7 Å². The molecule has 0 bridgehead atoms. The molecule has 136 valence electrons. The molecule has 0 saturated carbocycles. The Bertz CT molecular complexity index is 845. The van der Waals surface area contributed by atoms with Gasteiger partial charge in [-0.25, -0.2) is 4.79 Å². The van der Waals surface area contributed by atoms with Crippen LogP contribution in [0.5, 0.6) is 5.75 Å². The predicted octanol–water partition coefficient (Wildman–Crippen LogP) is 3.91. The number of alkyl halides is 2. The fourth-order valence-electron chi connectivity index (χ4n) is 2.80. The van der Waals surface area contributed by atoms with E-state index in [2.05, 4.69) is 10.1 Å². The number of nitrogens with one attached hydrogen (secondary N) is 1. The Kier molecular flexibility index (Phi) is 4.82. The van der Waals surface area contributed by atoms with Crippen molar-refractivity contribution in [1.82, 2.24) is 10.2 Å². The van der Waals surface area contributed by atoms with E-state index in [4.69, 9.17) is 11.6 Å². The van der Waals surface area contributed by atoms with Crippen molar-refractivity contribution in [2.45, 2.75) is 25.6 Å². The molecule has 1 aliphatic heterocycles. The van der Waals surface area contributed by atoms with E-state index in [1.54, 1.807) is 31.2 Å². The third kappa shape index (κ3) is 3.35. The number of hydrogen-bond donors (Lipinski definition) is 1. The molecule has 1 atom stereocenters. The number of nitrogens with zero attached hydrogens (tertiary/aromatic N) is 1. The molecule has 8 heteroatoms. The highest BCUT2D eigenvalue weighted by molar-refractivity contribution is 6.31. The van der Waals surface area contributed by atoms with E-state index in [9.17, 15) is 18.4 Å². The molecule has 0 unspecified atom stereocenters. The van der Waals surface area contributed by atoms with Crippen molar-refractivity contribution in [2.75, 3.05) is 0 Å². The average Bonchev–Trinajstić information content (AvgIpc) is 2.81. The number of ether oxygens (including phenoxy) is 1. The summed E-state index contributed by atoms with van der Waals surface area (Å²) in [5.41, 5.74) is -0.205. The zero-order valence-electron chi connectivity index (χ0n) is 13.7. The smallest absolute Gasteiger partial charge is 0.387 e. The van der Waals surface area contributed by atoms with Crippen LogP contribution in [0, 0.1) is 0 Å². The molecule has 0 spiro atoms. The molecule has 0 aromatic heterocycles. The van der Waals surface area contributed by atoms with Crippen LogP contribution in [0.25, 0.3) is 0 Å². The van der Waals surface area contributed by atoms with Crippen LogP contribution in [0.2, 0.25) is 5.02 Å². The molecule has 1 fully saturated rings. The number of amides is 3. The summed E-state index contributed by atoms with van der Waals surface area (Å²) in [7, 11) is 0. The normalized spacial score (nSPS) is 19.8. The number of carbonyl (C=O) groups is 2. The van der Waals surface area contributed by atoms with Gasteiger partial charge in [0, 0.05) is 5.02 Å². The number of rotatable bonds is 5. The molecule has 0 aliphatic carbocycles. The van der Waals surface area contributed by atoms with E-state index in [0.29, 0.717) is 16.1 Å². The van der Waals surface area contributed by atoms with E-state index in [0.717, 1.165) is 4.90 Å². The first-order valence-corrected chi connectivity index (χ1v) is 8.12. The first kappa shape index (κ1) is 18.1. The predicted molar refractivity (Wildman–Crippen MR) is 91.0 cm³/mol. The standard InChI is InChI=1S/C18H15ClF2N2O3/c1-18(12-6-8-13(9-7-12)26-16(20)21)15(24)23(17(25)22-18)10-11-4-2-3-5-14(11)19/h2-9,16H,10H2,1H3,(H,22,25)/t18-/m0/s1. The minimum absolute atomic E-state index is 0.0305. The second-order valence-corrected chi connectivity index (χ2v) is 6.35. The summed E-state index contributed by atoms with van der Waals surface area (Å²) in [6.45, 7) is -1.34. The lowest BCUT2D eigenvalue weighted by molar-refractivity contribution is -0.131. The van der Waals surface area contributed by atoms with E-state index in [-0.39, 0.29) is 12.3 Å². The second-order valence-electron chi connectivity index (χ2n) is 5.94. The van der Waals surface area contributed by atoms with E-state index < -0.39 is 24.1 Å². The summed E-state index contributed by atoms with van der Waals surface area (Å²) >= 11 is 6.10. The van der Waals surface area contributed by atoms with Gasteiger partial charge in [0.1, 0.15) is 11.3 Å². The van der Waals surface area contributed by atoms with E-state index in [1.807, 2.05) is 0 Å². The van der Waals surface area contributed by atoms with E-state index >= 15 is 0 Å². The van der Waals surface area contributed by atoms with Gasteiger partial charge >= 0.3 is 12.6 Å². The summed E-state index contributed by atoms with van der Waals surface area (Å²) < 4.78 is 28.8. The number of imide groups is 1. The Labute approximate surface area is 153 Å². The monoisotopic (exact) mass is 380 g/mol. The molecule has 1 aliphatic rings. The maximum absolute atomic E-state index is 12.9. The van der Waals surface area contributed by atoms with Crippen LogP contribution in [-0.2, 0) is 16.9 Å². The SMILES string of the molecule is C[C@@]1(c2ccc(OC(F)F)cc2)NC(=O)N(Cc2ccccc2Cl)C1=O. The maximum Gasteiger partial charge on any atom is 0.387 e. The average molecular weight is 381 g/mol. The number of carbonyl (C=O) groups excluding carboxylic acids is 2.